The van der Waals surface area contributed by atoms with Gasteiger partial charge in [-0.1, -0.05) is 6.07 Å². The summed E-state index contributed by atoms with van der Waals surface area (Å²) in [4.78, 5) is 23.3. The van der Waals surface area contributed by atoms with Crippen LogP contribution in [0.5, 0.6) is 0 Å². The van der Waals surface area contributed by atoms with Gasteiger partial charge in [-0.15, -0.1) is 35.3 Å². The van der Waals surface area contributed by atoms with Crippen LogP contribution in [0.2, 0.25) is 0 Å². The molecule has 0 aliphatic carbocycles. The third-order valence-corrected chi connectivity index (χ3v) is 4.90. The summed E-state index contributed by atoms with van der Waals surface area (Å²) in [6.07, 6.45) is 3.43. The van der Waals surface area contributed by atoms with Gasteiger partial charge in [-0.25, -0.2) is 14.7 Å². The summed E-state index contributed by atoms with van der Waals surface area (Å²) < 4.78 is 1.92. The van der Waals surface area contributed by atoms with E-state index in [0.717, 1.165) is 25.2 Å². The summed E-state index contributed by atoms with van der Waals surface area (Å²) in [5, 5.41) is 13.0. The highest BCUT2D eigenvalue weighted by molar-refractivity contribution is 14.0. The van der Waals surface area contributed by atoms with Crippen LogP contribution in [-0.2, 0) is 24.3 Å². The molecule has 1 atom stereocenters. The zero-order chi connectivity index (χ0) is 17.6. The summed E-state index contributed by atoms with van der Waals surface area (Å²) in [6.45, 7) is 1.55. The Balaban J connectivity index is 0.00000243. The first-order valence-electron chi connectivity index (χ1n) is 8.26. The van der Waals surface area contributed by atoms with E-state index >= 15 is 0 Å². The van der Waals surface area contributed by atoms with Gasteiger partial charge in [0.2, 0.25) is 5.91 Å². The average molecular weight is 489 g/mol. The van der Waals surface area contributed by atoms with Crippen molar-refractivity contribution in [3.05, 3.63) is 34.5 Å². The van der Waals surface area contributed by atoms with Crippen molar-refractivity contribution in [2.75, 3.05) is 20.6 Å². The lowest BCUT2D eigenvalue weighted by molar-refractivity contribution is -0.127. The van der Waals surface area contributed by atoms with E-state index in [1.807, 2.05) is 16.1 Å². The van der Waals surface area contributed by atoms with Gasteiger partial charge in [0, 0.05) is 31.4 Å². The fourth-order valence-electron chi connectivity index (χ4n) is 2.57. The molecule has 1 aliphatic rings. The lowest BCUT2D eigenvalue weighted by Gasteiger charge is -2.25. The molecule has 8 nitrogen and oxygen atoms in total. The Hall–Kier alpha value is -1.69. The molecule has 0 aromatic carbocycles. The highest BCUT2D eigenvalue weighted by Crippen LogP contribution is 2.11. The number of aryl methyl sites for hydroxylation is 1. The number of nitrogens with zero attached hydrogens (tertiary/aromatic N) is 5. The second kappa shape index (κ2) is 9.86. The number of halogens is 1. The monoisotopic (exact) mass is 489 g/mol. The summed E-state index contributed by atoms with van der Waals surface area (Å²) in [7, 11) is 3.47. The Labute approximate surface area is 174 Å². The van der Waals surface area contributed by atoms with E-state index < -0.39 is 0 Å². The molecule has 0 saturated heterocycles. The van der Waals surface area contributed by atoms with Crippen LogP contribution in [-0.4, -0.2) is 58.2 Å². The van der Waals surface area contributed by atoms with Crippen LogP contribution >= 0.6 is 35.3 Å². The highest BCUT2D eigenvalue weighted by atomic mass is 127. The number of carbonyl (C=O) groups is 1. The fourth-order valence-corrected chi connectivity index (χ4v) is 3.22. The molecule has 1 aliphatic heterocycles. The lowest BCUT2D eigenvalue weighted by Crippen LogP contribution is -2.47. The summed E-state index contributed by atoms with van der Waals surface area (Å²) >= 11 is 1.69. The molecule has 1 unspecified atom stereocenters. The van der Waals surface area contributed by atoms with Crippen LogP contribution in [0.25, 0.3) is 0 Å². The van der Waals surface area contributed by atoms with Gasteiger partial charge in [-0.05, 0) is 17.9 Å². The number of amides is 1. The molecule has 0 fully saturated rings. The van der Waals surface area contributed by atoms with E-state index in [2.05, 4.69) is 31.8 Å². The normalized spacial score (nSPS) is 16.4. The maximum atomic E-state index is 11.8. The highest BCUT2D eigenvalue weighted by Gasteiger charge is 2.20. The Morgan fingerprint density at radius 1 is 1.50 bits per heavy atom. The van der Waals surface area contributed by atoms with Gasteiger partial charge >= 0.3 is 0 Å². The molecule has 2 aromatic heterocycles. The van der Waals surface area contributed by atoms with Crippen molar-refractivity contribution in [2.24, 2.45) is 4.99 Å². The quantitative estimate of drug-likeness (QED) is 0.373. The zero-order valence-electron chi connectivity index (χ0n) is 14.9. The van der Waals surface area contributed by atoms with E-state index in [1.54, 1.807) is 36.7 Å². The first-order chi connectivity index (χ1) is 12.1. The van der Waals surface area contributed by atoms with E-state index in [4.69, 9.17) is 0 Å². The Bertz CT molecular complexity index is 729. The number of thiophene rings is 1. The number of carbonyl (C=O) groups excluding carboxylic acids is 1. The first-order valence-corrected chi connectivity index (χ1v) is 9.14. The van der Waals surface area contributed by atoms with Crippen LogP contribution < -0.4 is 10.6 Å². The molecule has 3 rings (SSSR count). The number of hydrogen-bond acceptors (Lipinski definition) is 5. The molecule has 0 radical (unpaired) electrons. The third kappa shape index (κ3) is 5.66. The minimum absolute atomic E-state index is 0. The van der Waals surface area contributed by atoms with Crippen molar-refractivity contribution in [3.63, 3.8) is 0 Å². The Morgan fingerprint density at radius 2 is 2.35 bits per heavy atom. The second-order valence-electron chi connectivity index (χ2n) is 6.12. The molecule has 142 valence electrons. The number of aliphatic imine (C=N–C) groups is 1. The average Bonchev–Trinajstić information content (AvgIpc) is 3.27. The number of likely N-dealkylation sites (N-methyl/N-ethyl adjacent to an activating group) is 1. The van der Waals surface area contributed by atoms with E-state index in [-0.39, 0.29) is 42.5 Å². The molecular formula is C16H24IN7OS. The molecule has 1 amide bonds. The molecule has 26 heavy (non-hydrogen) atoms. The number of aromatic nitrogens is 3. The maximum Gasteiger partial charge on any atom is 0.243 e. The number of rotatable bonds is 5. The fraction of sp³-hybridized carbons (Fsp3) is 0.500. The SMILES string of the molecule is CN(C)C(=O)CN=C(NCc1cccs1)NC1CCc2ncnn2C1.I. The van der Waals surface area contributed by atoms with Crippen molar-refractivity contribution in [2.45, 2.75) is 32.0 Å². The smallest absolute Gasteiger partial charge is 0.243 e. The van der Waals surface area contributed by atoms with Gasteiger partial charge in [0.1, 0.15) is 18.7 Å². The standard InChI is InChI=1S/C16H23N7OS.HI/c1-22(2)15(24)9-18-16(17-8-13-4-3-7-25-13)21-12-5-6-14-19-11-20-23(14)10-12;/h3-4,7,11-12H,5-6,8-10H2,1-2H3,(H2,17,18,21);1H. The zero-order valence-corrected chi connectivity index (χ0v) is 18.0. The van der Waals surface area contributed by atoms with Crippen molar-refractivity contribution >= 4 is 47.2 Å². The summed E-state index contributed by atoms with van der Waals surface area (Å²) in [6, 6.07) is 4.30. The number of hydrogen-bond donors (Lipinski definition) is 2. The molecule has 0 saturated carbocycles. The molecule has 3 heterocycles. The van der Waals surface area contributed by atoms with Crippen molar-refractivity contribution in [3.8, 4) is 0 Å². The first kappa shape index (κ1) is 20.6. The predicted molar refractivity (Wildman–Crippen MR) is 113 cm³/mol. The van der Waals surface area contributed by atoms with Crippen LogP contribution in [0.1, 0.15) is 17.1 Å². The minimum atomic E-state index is -0.0283. The van der Waals surface area contributed by atoms with Crippen LogP contribution in [0.4, 0.5) is 0 Å². The second-order valence-corrected chi connectivity index (χ2v) is 7.16. The Morgan fingerprint density at radius 3 is 3.08 bits per heavy atom. The van der Waals surface area contributed by atoms with E-state index in [1.165, 1.54) is 4.88 Å². The van der Waals surface area contributed by atoms with E-state index in [9.17, 15) is 4.79 Å². The van der Waals surface area contributed by atoms with E-state index in [0.29, 0.717) is 12.5 Å². The molecule has 10 heteroatoms. The van der Waals surface area contributed by atoms with Gasteiger partial charge in [0.25, 0.3) is 0 Å². The van der Waals surface area contributed by atoms with Crippen molar-refractivity contribution in [1.82, 2.24) is 30.3 Å². The predicted octanol–water partition coefficient (Wildman–Crippen LogP) is 1.10. The largest absolute Gasteiger partial charge is 0.352 e. The molecule has 2 N–H and O–H groups in total. The van der Waals surface area contributed by atoms with Crippen molar-refractivity contribution < 1.29 is 4.79 Å². The van der Waals surface area contributed by atoms with Crippen molar-refractivity contribution in [1.29, 1.82) is 0 Å². The maximum absolute atomic E-state index is 11.8. The molecule has 2 aromatic rings. The number of fused-ring (bicyclic) bond motifs is 1. The molecular weight excluding hydrogens is 465 g/mol. The third-order valence-electron chi connectivity index (χ3n) is 4.03. The van der Waals surface area contributed by atoms with Crippen LogP contribution in [0, 0.1) is 0 Å². The van der Waals surface area contributed by atoms with Gasteiger partial charge < -0.3 is 15.5 Å². The van der Waals surface area contributed by atoms with Crippen LogP contribution in [0.3, 0.4) is 0 Å². The topological polar surface area (TPSA) is 87.4 Å². The number of guanidine groups is 1. The van der Waals surface area contributed by atoms with Gasteiger partial charge in [0.15, 0.2) is 5.96 Å². The minimum Gasteiger partial charge on any atom is -0.352 e. The van der Waals surface area contributed by atoms with Gasteiger partial charge in [-0.2, -0.15) is 5.10 Å². The molecule has 0 spiro atoms. The molecule has 0 bridgehead atoms. The van der Waals surface area contributed by atoms with Gasteiger partial charge in [0.05, 0.1) is 13.1 Å². The lowest BCUT2D eigenvalue weighted by atomic mass is 10.1. The number of nitrogens with one attached hydrogen (secondary N) is 2. The summed E-state index contributed by atoms with van der Waals surface area (Å²) in [5.41, 5.74) is 0. The van der Waals surface area contributed by atoms with Crippen LogP contribution in [0.15, 0.2) is 28.8 Å². The summed E-state index contributed by atoms with van der Waals surface area (Å²) in [5.74, 6) is 1.64. The Kier molecular flexibility index (Phi) is 7.82. The van der Waals surface area contributed by atoms with Gasteiger partial charge in [-0.3, -0.25) is 4.79 Å².